The lowest BCUT2D eigenvalue weighted by molar-refractivity contribution is 0.366. The zero-order valence-electron chi connectivity index (χ0n) is 15.0. The van der Waals surface area contributed by atoms with Crippen molar-refractivity contribution in [3.05, 3.63) is 23.7 Å². The molecule has 0 heterocycles. The Kier molecular flexibility index (Phi) is 6.39. The van der Waals surface area contributed by atoms with Gasteiger partial charge in [0.25, 0.3) is 0 Å². The van der Waals surface area contributed by atoms with Gasteiger partial charge in [-0.25, -0.2) is 0 Å². The quantitative estimate of drug-likeness (QED) is 0.504. The summed E-state index contributed by atoms with van der Waals surface area (Å²) in [5.74, 6) is 2.55. The van der Waals surface area contributed by atoms with Gasteiger partial charge < -0.3 is 8.85 Å². The molecule has 0 amide bonds. The number of hydrogen-bond acceptors (Lipinski definition) is 2. The van der Waals surface area contributed by atoms with Crippen molar-refractivity contribution in [3.63, 3.8) is 0 Å². The molecule has 126 valence electrons. The predicted octanol–water partition coefficient (Wildman–Crippen LogP) is 6.35. The van der Waals surface area contributed by atoms with Crippen LogP contribution in [0.3, 0.4) is 0 Å². The maximum atomic E-state index is 6.42. The first-order valence-corrected chi connectivity index (χ1v) is 15.4. The minimum Gasteiger partial charge on any atom is -0.547 e. The molecule has 0 N–H and O–H groups in total. The Morgan fingerprint density at radius 3 is 1.45 bits per heavy atom. The van der Waals surface area contributed by atoms with Crippen molar-refractivity contribution in [3.8, 4) is 0 Å². The fourth-order valence-corrected chi connectivity index (χ4v) is 10.0. The van der Waals surface area contributed by atoms with Gasteiger partial charge in [0.15, 0.2) is 0 Å². The zero-order valence-corrected chi connectivity index (χ0v) is 17.0. The van der Waals surface area contributed by atoms with E-state index in [4.69, 9.17) is 8.85 Å². The van der Waals surface area contributed by atoms with Gasteiger partial charge in [-0.3, -0.25) is 0 Å². The lowest BCUT2D eigenvalue weighted by atomic mass is 10.1. The van der Waals surface area contributed by atoms with E-state index < -0.39 is 16.6 Å². The fourth-order valence-electron chi connectivity index (χ4n) is 3.22. The van der Waals surface area contributed by atoms with Crippen LogP contribution in [0, 0.1) is 0 Å². The summed E-state index contributed by atoms with van der Waals surface area (Å²) in [4.78, 5) is 0. The first-order valence-electron chi connectivity index (χ1n) is 9.12. The molecule has 0 aromatic carbocycles. The molecule has 0 aliphatic heterocycles. The smallest absolute Gasteiger partial charge is 0.244 e. The van der Waals surface area contributed by atoms with Crippen LogP contribution in [0.1, 0.15) is 51.4 Å². The summed E-state index contributed by atoms with van der Waals surface area (Å²) >= 11 is 0. The molecule has 0 atom stereocenters. The van der Waals surface area contributed by atoms with Crippen molar-refractivity contribution in [2.24, 2.45) is 0 Å². The summed E-state index contributed by atoms with van der Waals surface area (Å²) in [6, 6.07) is 2.44. The van der Waals surface area contributed by atoms with E-state index in [-0.39, 0.29) is 0 Å². The van der Waals surface area contributed by atoms with Crippen LogP contribution in [-0.4, -0.2) is 16.6 Å². The van der Waals surface area contributed by atoms with E-state index in [1.54, 1.807) is 0 Å². The van der Waals surface area contributed by atoms with E-state index in [1.807, 2.05) is 0 Å². The van der Waals surface area contributed by atoms with Crippen molar-refractivity contribution in [2.75, 3.05) is 0 Å². The second kappa shape index (κ2) is 7.87. The monoisotopic (exact) mass is 338 g/mol. The van der Waals surface area contributed by atoms with Crippen molar-refractivity contribution in [1.82, 2.24) is 0 Å². The maximum absolute atomic E-state index is 6.42. The highest BCUT2D eigenvalue weighted by molar-refractivity contribution is 6.76. The Morgan fingerprint density at radius 1 is 0.727 bits per heavy atom. The highest BCUT2D eigenvalue weighted by Gasteiger charge is 2.33. The third kappa shape index (κ3) is 6.33. The van der Waals surface area contributed by atoms with Gasteiger partial charge in [-0.2, -0.15) is 0 Å². The van der Waals surface area contributed by atoms with Gasteiger partial charge in [0, 0.05) is 12.8 Å². The van der Waals surface area contributed by atoms with Gasteiger partial charge >= 0.3 is 0 Å². The Hall–Kier alpha value is -0.486. The molecule has 2 nitrogen and oxygen atoms in total. The number of rotatable bonds is 7. The highest BCUT2D eigenvalue weighted by Crippen LogP contribution is 2.30. The lowest BCUT2D eigenvalue weighted by Gasteiger charge is -2.32. The van der Waals surface area contributed by atoms with Crippen molar-refractivity contribution < 1.29 is 8.85 Å². The third-order valence-electron chi connectivity index (χ3n) is 4.64. The van der Waals surface area contributed by atoms with Gasteiger partial charge in [-0.15, -0.1) is 0 Å². The second-order valence-electron chi connectivity index (χ2n) is 8.06. The van der Waals surface area contributed by atoms with E-state index >= 15 is 0 Å². The second-order valence-corrected chi connectivity index (χ2v) is 16.5. The molecule has 4 heteroatoms. The molecule has 0 aromatic rings. The SMILES string of the molecule is C[Si](C)(CC[Si](C)(C)OC1=CCCCC1)OC1=CCCCC1. The van der Waals surface area contributed by atoms with Gasteiger partial charge in [0.2, 0.25) is 16.6 Å². The van der Waals surface area contributed by atoms with E-state index in [9.17, 15) is 0 Å². The molecular weight excluding hydrogens is 304 g/mol. The highest BCUT2D eigenvalue weighted by atomic mass is 28.4. The van der Waals surface area contributed by atoms with Gasteiger partial charge in [-0.05, 0) is 89.0 Å². The van der Waals surface area contributed by atoms with Crippen LogP contribution in [0.25, 0.3) is 0 Å². The molecule has 0 saturated carbocycles. The molecular formula is C18H34O2Si2. The van der Waals surface area contributed by atoms with Crippen molar-refractivity contribution >= 4 is 16.6 Å². The third-order valence-corrected chi connectivity index (χ3v) is 9.68. The van der Waals surface area contributed by atoms with Crippen LogP contribution in [0.5, 0.6) is 0 Å². The fraction of sp³-hybridized carbons (Fsp3) is 0.778. The molecule has 2 aliphatic carbocycles. The van der Waals surface area contributed by atoms with Gasteiger partial charge in [0.05, 0.1) is 11.5 Å². The first kappa shape index (κ1) is 17.9. The van der Waals surface area contributed by atoms with Crippen LogP contribution in [0.4, 0.5) is 0 Å². The predicted molar refractivity (Wildman–Crippen MR) is 99.9 cm³/mol. The Balaban J connectivity index is 1.81. The van der Waals surface area contributed by atoms with E-state index in [0.29, 0.717) is 0 Å². The van der Waals surface area contributed by atoms with Crippen LogP contribution < -0.4 is 0 Å². The van der Waals surface area contributed by atoms with E-state index in [0.717, 1.165) is 12.8 Å². The summed E-state index contributed by atoms with van der Waals surface area (Å²) in [6.45, 7) is 9.47. The summed E-state index contributed by atoms with van der Waals surface area (Å²) in [7, 11) is -3.20. The minimum absolute atomic E-state index is 1.15. The average molecular weight is 339 g/mol. The standard InChI is InChI=1S/C18H34O2Si2/c1-21(2,19-17-11-7-5-8-12-17)15-16-22(3,4)20-18-13-9-6-10-14-18/h11,13H,5-10,12,14-16H2,1-4H3. The van der Waals surface area contributed by atoms with Crippen LogP contribution in [0.15, 0.2) is 23.7 Å². The maximum Gasteiger partial charge on any atom is 0.244 e. The summed E-state index contributed by atoms with van der Waals surface area (Å²) in [5.41, 5.74) is 0. The first-order chi connectivity index (χ1) is 10.4. The lowest BCUT2D eigenvalue weighted by Crippen LogP contribution is -2.37. The molecule has 0 unspecified atom stereocenters. The Morgan fingerprint density at radius 2 is 1.14 bits per heavy atom. The molecule has 0 bridgehead atoms. The summed E-state index contributed by atoms with van der Waals surface area (Å²) in [6.07, 6.45) is 14.6. The summed E-state index contributed by atoms with van der Waals surface area (Å²) < 4.78 is 12.8. The van der Waals surface area contributed by atoms with Crippen molar-refractivity contribution in [1.29, 1.82) is 0 Å². The molecule has 2 aliphatic rings. The normalized spacial score (nSPS) is 20.2. The number of hydrogen-bond donors (Lipinski definition) is 0. The Bertz CT molecular complexity index is 385. The molecule has 0 radical (unpaired) electrons. The molecule has 0 spiro atoms. The molecule has 22 heavy (non-hydrogen) atoms. The minimum atomic E-state index is -1.60. The van der Waals surface area contributed by atoms with Crippen LogP contribution >= 0.6 is 0 Å². The molecule has 0 aromatic heterocycles. The zero-order chi connectivity index (χ0) is 16.1. The van der Waals surface area contributed by atoms with Gasteiger partial charge in [0.1, 0.15) is 0 Å². The van der Waals surface area contributed by atoms with Crippen LogP contribution in [-0.2, 0) is 8.85 Å². The van der Waals surface area contributed by atoms with Crippen molar-refractivity contribution in [2.45, 2.75) is 89.6 Å². The van der Waals surface area contributed by atoms with E-state index in [1.165, 1.54) is 62.1 Å². The molecule has 2 rings (SSSR count). The number of allylic oxidation sites excluding steroid dienone is 4. The van der Waals surface area contributed by atoms with E-state index in [2.05, 4.69) is 38.3 Å². The largest absolute Gasteiger partial charge is 0.547 e. The average Bonchev–Trinajstić information content (AvgIpc) is 2.47. The topological polar surface area (TPSA) is 18.5 Å². The van der Waals surface area contributed by atoms with Crippen LogP contribution in [0.2, 0.25) is 38.3 Å². The van der Waals surface area contributed by atoms with Gasteiger partial charge in [-0.1, -0.05) is 0 Å². The Labute approximate surface area is 139 Å². The molecule has 0 saturated heterocycles. The molecule has 0 fully saturated rings. The summed E-state index contributed by atoms with van der Waals surface area (Å²) in [5, 5.41) is 0.